The van der Waals surface area contributed by atoms with Crippen LogP contribution in [0.1, 0.15) is 54.0 Å². The molecule has 134 valence electrons. The molecule has 2 amide bonds. The van der Waals surface area contributed by atoms with Crippen LogP contribution < -0.4 is 0 Å². The number of aryl methyl sites for hydroxylation is 1. The number of hydrazine groups is 1. The molecular weight excluding hydrogens is 326 g/mol. The van der Waals surface area contributed by atoms with Crippen molar-refractivity contribution in [2.75, 3.05) is 0 Å². The van der Waals surface area contributed by atoms with Gasteiger partial charge in [0.15, 0.2) is 0 Å². The predicted octanol–water partition coefficient (Wildman–Crippen LogP) is 4.03. The number of hydrogen-bond donors (Lipinski definition) is 0. The molecule has 0 aliphatic carbocycles. The molecule has 2 aromatic rings. The van der Waals surface area contributed by atoms with E-state index in [4.69, 9.17) is 0 Å². The SMILES string of the molecule is CCc1ccc(C(=O)N(C#N)N(C(=O)c2ccccc2)C(C)(C)C)cc1. The zero-order chi connectivity index (χ0) is 19.3. The second kappa shape index (κ2) is 7.83. The smallest absolute Gasteiger partial charge is 0.267 e. The minimum Gasteiger partial charge on any atom is -0.267 e. The van der Waals surface area contributed by atoms with E-state index in [9.17, 15) is 14.9 Å². The van der Waals surface area contributed by atoms with Gasteiger partial charge in [0, 0.05) is 11.1 Å². The zero-order valence-electron chi connectivity index (χ0n) is 15.6. The predicted molar refractivity (Wildman–Crippen MR) is 100.0 cm³/mol. The van der Waals surface area contributed by atoms with Crippen molar-refractivity contribution in [1.29, 1.82) is 5.26 Å². The van der Waals surface area contributed by atoms with Crippen molar-refractivity contribution in [1.82, 2.24) is 10.0 Å². The summed E-state index contributed by atoms with van der Waals surface area (Å²) in [6, 6.07) is 15.7. The van der Waals surface area contributed by atoms with Gasteiger partial charge in [0.1, 0.15) is 0 Å². The van der Waals surface area contributed by atoms with Crippen LogP contribution in [0.5, 0.6) is 0 Å². The van der Waals surface area contributed by atoms with E-state index in [2.05, 4.69) is 0 Å². The second-order valence-electron chi connectivity index (χ2n) is 6.92. The van der Waals surface area contributed by atoms with Crippen molar-refractivity contribution in [2.24, 2.45) is 0 Å². The summed E-state index contributed by atoms with van der Waals surface area (Å²) in [4.78, 5) is 25.9. The Kier molecular flexibility index (Phi) is 5.78. The summed E-state index contributed by atoms with van der Waals surface area (Å²) in [5.74, 6) is -0.937. The van der Waals surface area contributed by atoms with Crippen LogP contribution in [0.4, 0.5) is 0 Å². The fourth-order valence-corrected chi connectivity index (χ4v) is 2.58. The van der Waals surface area contributed by atoms with Crippen molar-refractivity contribution in [3.8, 4) is 6.19 Å². The lowest BCUT2D eigenvalue weighted by Crippen LogP contribution is -2.56. The molecule has 0 saturated carbocycles. The van der Waals surface area contributed by atoms with Crippen LogP contribution >= 0.6 is 0 Å². The molecule has 0 aliphatic rings. The first-order valence-corrected chi connectivity index (χ1v) is 8.52. The van der Waals surface area contributed by atoms with Crippen LogP contribution in [0, 0.1) is 11.5 Å². The van der Waals surface area contributed by atoms with Gasteiger partial charge in [-0.05, 0) is 57.0 Å². The summed E-state index contributed by atoms with van der Waals surface area (Å²) >= 11 is 0. The number of nitriles is 1. The third-order valence-corrected chi connectivity index (χ3v) is 3.94. The molecule has 0 N–H and O–H groups in total. The Morgan fingerprint density at radius 2 is 1.46 bits per heavy atom. The highest BCUT2D eigenvalue weighted by Crippen LogP contribution is 2.22. The Bertz CT molecular complexity index is 815. The van der Waals surface area contributed by atoms with Crippen molar-refractivity contribution in [2.45, 2.75) is 39.7 Å². The van der Waals surface area contributed by atoms with Gasteiger partial charge in [0.25, 0.3) is 11.8 Å². The molecule has 5 nitrogen and oxygen atoms in total. The Labute approximate surface area is 154 Å². The number of amides is 2. The van der Waals surface area contributed by atoms with Gasteiger partial charge in [-0.2, -0.15) is 5.26 Å². The first-order valence-electron chi connectivity index (χ1n) is 8.52. The van der Waals surface area contributed by atoms with Crippen molar-refractivity contribution in [3.05, 3.63) is 71.3 Å². The Morgan fingerprint density at radius 3 is 1.92 bits per heavy atom. The maximum absolute atomic E-state index is 13.0. The van der Waals surface area contributed by atoms with Gasteiger partial charge in [-0.1, -0.05) is 37.3 Å². The Morgan fingerprint density at radius 1 is 0.923 bits per heavy atom. The molecule has 2 aromatic carbocycles. The van der Waals surface area contributed by atoms with Gasteiger partial charge in [0.05, 0.1) is 5.54 Å². The lowest BCUT2D eigenvalue weighted by atomic mass is 10.1. The van der Waals surface area contributed by atoms with E-state index in [1.807, 2.05) is 25.2 Å². The number of nitrogens with zero attached hydrogens (tertiary/aromatic N) is 3. The van der Waals surface area contributed by atoms with Crippen LogP contribution in [-0.2, 0) is 6.42 Å². The Balaban J connectivity index is 2.42. The van der Waals surface area contributed by atoms with E-state index in [0.717, 1.165) is 17.0 Å². The summed E-state index contributed by atoms with van der Waals surface area (Å²) in [6.45, 7) is 7.38. The van der Waals surface area contributed by atoms with Gasteiger partial charge >= 0.3 is 0 Å². The quantitative estimate of drug-likeness (QED) is 0.477. The van der Waals surface area contributed by atoms with Gasteiger partial charge in [-0.25, -0.2) is 5.01 Å². The highest BCUT2D eigenvalue weighted by molar-refractivity contribution is 6.00. The molecule has 0 saturated heterocycles. The molecule has 0 unspecified atom stereocenters. The normalized spacial score (nSPS) is 10.7. The van der Waals surface area contributed by atoms with E-state index in [0.29, 0.717) is 11.1 Å². The summed E-state index contributed by atoms with van der Waals surface area (Å²) in [5, 5.41) is 11.7. The standard InChI is InChI=1S/C21H23N3O2/c1-5-16-11-13-18(14-12-16)19(25)23(15-22)24(21(2,3)4)20(26)17-9-7-6-8-10-17/h6-14H,5H2,1-4H3. The number of rotatable bonds is 3. The van der Waals surface area contributed by atoms with E-state index in [-0.39, 0.29) is 0 Å². The highest BCUT2D eigenvalue weighted by Gasteiger charge is 2.36. The number of carbonyl (C=O) groups is 2. The molecule has 0 atom stereocenters. The van der Waals surface area contributed by atoms with E-state index in [1.54, 1.807) is 63.2 Å². The summed E-state index contributed by atoms with van der Waals surface area (Å²) in [6.07, 6.45) is 2.73. The van der Waals surface area contributed by atoms with Crippen molar-refractivity contribution >= 4 is 11.8 Å². The molecule has 5 heteroatoms. The minimum atomic E-state index is -0.762. The Hall–Kier alpha value is -3.13. The average molecular weight is 349 g/mol. The van der Waals surface area contributed by atoms with Crippen LogP contribution in [-0.4, -0.2) is 27.4 Å². The summed E-state index contributed by atoms with van der Waals surface area (Å²) in [5.41, 5.74) is 1.11. The van der Waals surface area contributed by atoms with E-state index in [1.165, 1.54) is 5.01 Å². The summed E-state index contributed by atoms with van der Waals surface area (Å²) in [7, 11) is 0. The highest BCUT2D eigenvalue weighted by atomic mass is 16.2. The topological polar surface area (TPSA) is 64.4 Å². The first kappa shape index (κ1) is 19.2. The average Bonchev–Trinajstić information content (AvgIpc) is 2.64. The minimum absolute atomic E-state index is 0.360. The monoisotopic (exact) mass is 349 g/mol. The number of hydrogen-bond acceptors (Lipinski definition) is 3. The van der Waals surface area contributed by atoms with Crippen LogP contribution in [0.15, 0.2) is 54.6 Å². The van der Waals surface area contributed by atoms with Gasteiger partial charge in [0.2, 0.25) is 6.19 Å². The molecule has 0 spiro atoms. The molecule has 0 aliphatic heterocycles. The molecular formula is C21H23N3O2. The molecule has 0 aromatic heterocycles. The molecule has 0 radical (unpaired) electrons. The zero-order valence-corrected chi connectivity index (χ0v) is 15.6. The van der Waals surface area contributed by atoms with Crippen LogP contribution in [0.25, 0.3) is 0 Å². The largest absolute Gasteiger partial charge is 0.286 e. The van der Waals surface area contributed by atoms with Crippen LogP contribution in [0.3, 0.4) is 0 Å². The van der Waals surface area contributed by atoms with Crippen molar-refractivity contribution < 1.29 is 9.59 Å². The van der Waals surface area contributed by atoms with Crippen molar-refractivity contribution in [3.63, 3.8) is 0 Å². The molecule has 0 heterocycles. The third-order valence-electron chi connectivity index (χ3n) is 3.94. The maximum atomic E-state index is 13.0. The molecule has 0 fully saturated rings. The van der Waals surface area contributed by atoms with E-state index < -0.39 is 17.4 Å². The lowest BCUT2D eigenvalue weighted by Gasteiger charge is -2.39. The molecule has 26 heavy (non-hydrogen) atoms. The van der Waals surface area contributed by atoms with Crippen LogP contribution in [0.2, 0.25) is 0 Å². The molecule has 0 bridgehead atoms. The fraction of sp³-hybridized carbons (Fsp3) is 0.286. The number of carbonyl (C=O) groups excluding carboxylic acids is 2. The third kappa shape index (κ3) is 4.09. The fourth-order valence-electron chi connectivity index (χ4n) is 2.58. The maximum Gasteiger partial charge on any atom is 0.286 e. The summed E-state index contributed by atoms with van der Waals surface area (Å²) < 4.78 is 0. The first-order chi connectivity index (χ1) is 12.3. The van der Waals surface area contributed by atoms with Gasteiger partial charge in [-0.15, -0.1) is 5.01 Å². The second-order valence-corrected chi connectivity index (χ2v) is 6.92. The molecule has 2 rings (SSSR count). The number of benzene rings is 2. The van der Waals surface area contributed by atoms with Gasteiger partial charge in [-0.3, -0.25) is 9.59 Å². The van der Waals surface area contributed by atoms with Gasteiger partial charge < -0.3 is 0 Å². The lowest BCUT2D eigenvalue weighted by molar-refractivity contribution is -0.0167. The van der Waals surface area contributed by atoms with E-state index >= 15 is 0 Å².